The van der Waals surface area contributed by atoms with E-state index in [2.05, 4.69) is 31.4 Å². The fourth-order valence-corrected chi connectivity index (χ4v) is 3.19. The first-order chi connectivity index (χ1) is 9.54. The topological polar surface area (TPSA) is 50.4 Å². The molecule has 3 atom stereocenters. The molecule has 0 aromatic carbocycles. The summed E-state index contributed by atoms with van der Waals surface area (Å²) in [6, 6.07) is 0.651. The molecule has 5 heteroatoms. The molecule has 1 saturated carbocycles. The fourth-order valence-electron chi connectivity index (χ4n) is 3.19. The molecule has 0 aromatic rings. The van der Waals surface area contributed by atoms with E-state index in [0.717, 1.165) is 32.4 Å². The third-order valence-corrected chi connectivity index (χ3v) is 4.92. The van der Waals surface area contributed by atoms with Crippen LogP contribution in [0.5, 0.6) is 0 Å². The van der Waals surface area contributed by atoms with Crippen molar-refractivity contribution in [3.8, 4) is 0 Å². The lowest BCUT2D eigenvalue weighted by atomic mass is 9.64. The van der Waals surface area contributed by atoms with Crippen LogP contribution in [0, 0.1) is 5.41 Å². The van der Waals surface area contributed by atoms with Gasteiger partial charge in [-0.25, -0.2) is 0 Å². The summed E-state index contributed by atoms with van der Waals surface area (Å²) < 4.78 is 5.92. The Morgan fingerprint density at radius 3 is 2.76 bits per heavy atom. The van der Waals surface area contributed by atoms with Crippen LogP contribution in [0.4, 0.5) is 0 Å². The molecule has 2 fully saturated rings. The molecule has 4 nitrogen and oxygen atoms in total. The number of carbonyl (C=O) groups is 1. The fraction of sp³-hybridized carbons (Fsp3) is 0.938. The van der Waals surface area contributed by atoms with Crippen molar-refractivity contribution in [3.05, 3.63) is 0 Å². The first-order valence-corrected chi connectivity index (χ1v) is 8.18. The molecule has 1 aliphatic heterocycles. The van der Waals surface area contributed by atoms with Gasteiger partial charge in [-0.1, -0.05) is 27.2 Å². The Balaban J connectivity index is 0.00000220. The normalized spacial score (nSPS) is 30.3. The Hall–Kier alpha value is -0.320. The van der Waals surface area contributed by atoms with E-state index in [-0.39, 0.29) is 29.8 Å². The SMILES string of the molecule is CCCCOC1CC(NC(=O)CC2CCCN2)C1(C)C.Cl. The van der Waals surface area contributed by atoms with E-state index in [1.807, 2.05) is 0 Å². The molecule has 124 valence electrons. The van der Waals surface area contributed by atoms with Gasteiger partial charge in [-0.3, -0.25) is 4.79 Å². The number of hydrogen-bond acceptors (Lipinski definition) is 3. The Morgan fingerprint density at radius 1 is 1.43 bits per heavy atom. The third kappa shape index (κ3) is 4.83. The Bertz CT molecular complexity index is 330. The van der Waals surface area contributed by atoms with Gasteiger partial charge >= 0.3 is 0 Å². The molecular weight excluding hydrogens is 288 g/mol. The minimum atomic E-state index is 0. The average Bonchev–Trinajstić information content (AvgIpc) is 2.89. The van der Waals surface area contributed by atoms with Crippen LogP contribution >= 0.6 is 12.4 Å². The molecule has 1 amide bonds. The molecule has 0 radical (unpaired) electrons. The Kier molecular flexibility index (Phi) is 7.45. The molecule has 1 heterocycles. The van der Waals surface area contributed by atoms with Crippen LogP contribution in [0.2, 0.25) is 0 Å². The van der Waals surface area contributed by atoms with E-state index in [4.69, 9.17) is 4.74 Å². The Labute approximate surface area is 135 Å². The first kappa shape index (κ1) is 18.7. The van der Waals surface area contributed by atoms with Gasteiger partial charge in [-0.05, 0) is 32.2 Å². The van der Waals surface area contributed by atoms with Gasteiger partial charge in [-0.15, -0.1) is 12.4 Å². The maximum absolute atomic E-state index is 12.1. The molecule has 3 unspecified atom stereocenters. The van der Waals surface area contributed by atoms with E-state index < -0.39 is 0 Å². The quantitative estimate of drug-likeness (QED) is 0.710. The van der Waals surface area contributed by atoms with Crippen molar-refractivity contribution in [2.24, 2.45) is 5.41 Å². The van der Waals surface area contributed by atoms with Gasteiger partial charge in [0.15, 0.2) is 0 Å². The highest BCUT2D eigenvalue weighted by atomic mass is 35.5. The number of carbonyl (C=O) groups excluding carboxylic acids is 1. The molecule has 2 rings (SSSR count). The van der Waals surface area contributed by atoms with Crippen molar-refractivity contribution < 1.29 is 9.53 Å². The number of halogens is 1. The van der Waals surface area contributed by atoms with Crippen LogP contribution in [0.3, 0.4) is 0 Å². The predicted molar refractivity (Wildman–Crippen MR) is 87.9 cm³/mol. The Morgan fingerprint density at radius 2 is 2.19 bits per heavy atom. The maximum atomic E-state index is 12.1. The van der Waals surface area contributed by atoms with Gasteiger partial charge in [-0.2, -0.15) is 0 Å². The van der Waals surface area contributed by atoms with Crippen LogP contribution in [0.25, 0.3) is 0 Å². The summed E-state index contributed by atoms with van der Waals surface area (Å²) in [5.74, 6) is 0.189. The second kappa shape index (κ2) is 8.35. The van der Waals surface area contributed by atoms with E-state index in [0.29, 0.717) is 18.6 Å². The highest BCUT2D eigenvalue weighted by molar-refractivity contribution is 5.85. The second-order valence-corrected chi connectivity index (χ2v) is 6.89. The smallest absolute Gasteiger partial charge is 0.221 e. The van der Waals surface area contributed by atoms with Crippen molar-refractivity contribution in [2.75, 3.05) is 13.2 Å². The van der Waals surface area contributed by atoms with Crippen molar-refractivity contribution in [3.63, 3.8) is 0 Å². The van der Waals surface area contributed by atoms with Gasteiger partial charge in [0.25, 0.3) is 0 Å². The number of nitrogens with one attached hydrogen (secondary N) is 2. The number of unbranched alkanes of at least 4 members (excludes halogenated alkanes) is 1. The monoisotopic (exact) mass is 318 g/mol. The van der Waals surface area contributed by atoms with Gasteiger partial charge in [0.2, 0.25) is 5.91 Å². The lowest BCUT2D eigenvalue weighted by molar-refractivity contribution is -0.138. The zero-order valence-electron chi connectivity index (χ0n) is 13.6. The van der Waals surface area contributed by atoms with Crippen molar-refractivity contribution in [2.45, 2.75) is 77.5 Å². The van der Waals surface area contributed by atoms with Gasteiger partial charge in [0.1, 0.15) is 0 Å². The molecule has 2 N–H and O–H groups in total. The molecule has 1 saturated heterocycles. The molecule has 0 aromatic heterocycles. The highest BCUT2D eigenvalue weighted by Gasteiger charge is 2.49. The lowest BCUT2D eigenvalue weighted by Crippen LogP contribution is -2.62. The summed E-state index contributed by atoms with van der Waals surface area (Å²) in [7, 11) is 0. The molecule has 21 heavy (non-hydrogen) atoms. The maximum Gasteiger partial charge on any atom is 0.221 e. The van der Waals surface area contributed by atoms with Crippen LogP contribution in [-0.2, 0) is 9.53 Å². The van der Waals surface area contributed by atoms with Crippen molar-refractivity contribution in [1.82, 2.24) is 10.6 Å². The molecule has 2 aliphatic rings. The van der Waals surface area contributed by atoms with Crippen molar-refractivity contribution >= 4 is 18.3 Å². The van der Waals surface area contributed by atoms with E-state index in [1.165, 1.54) is 12.8 Å². The van der Waals surface area contributed by atoms with E-state index >= 15 is 0 Å². The van der Waals surface area contributed by atoms with Gasteiger partial charge < -0.3 is 15.4 Å². The first-order valence-electron chi connectivity index (χ1n) is 8.18. The summed E-state index contributed by atoms with van der Waals surface area (Å²) in [6.45, 7) is 8.48. The van der Waals surface area contributed by atoms with E-state index in [9.17, 15) is 4.79 Å². The average molecular weight is 319 g/mol. The van der Waals surface area contributed by atoms with Gasteiger partial charge in [0, 0.05) is 30.5 Å². The molecule has 1 aliphatic carbocycles. The number of amides is 1. The number of ether oxygens (including phenoxy) is 1. The van der Waals surface area contributed by atoms with Crippen LogP contribution in [0.15, 0.2) is 0 Å². The highest BCUT2D eigenvalue weighted by Crippen LogP contribution is 2.42. The molecule has 0 spiro atoms. The summed E-state index contributed by atoms with van der Waals surface area (Å²) in [5, 5.41) is 6.57. The predicted octanol–water partition coefficient (Wildman–Crippen LogP) is 2.65. The van der Waals surface area contributed by atoms with Crippen LogP contribution < -0.4 is 10.6 Å². The van der Waals surface area contributed by atoms with Crippen LogP contribution in [0.1, 0.15) is 59.3 Å². The third-order valence-electron chi connectivity index (χ3n) is 4.92. The van der Waals surface area contributed by atoms with Crippen molar-refractivity contribution in [1.29, 1.82) is 0 Å². The minimum Gasteiger partial charge on any atom is -0.378 e. The summed E-state index contributed by atoms with van der Waals surface area (Å²) >= 11 is 0. The second-order valence-electron chi connectivity index (χ2n) is 6.89. The summed E-state index contributed by atoms with van der Waals surface area (Å²) in [4.78, 5) is 12.1. The minimum absolute atomic E-state index is 0. The molecular formula is C16H31ClN2O2. The van der Waals surface area contributed by atoms with Gasteiger partial charge in [0.05, 0.1) is 6.10 Å². The summed E-state index contributed by atoms with van der Waals surface area (Å²) in [5.41, 5.74) is 0.0620. The zero-order chi connectivity index (χ0) is 14.6. The molecule has 0 bridgehead atoms. The lowest BCUT2D eigenvalue weighted by Gasteiger charge is -2.51. The van der Waals surface area contributed by atoms with E-state index in [1.54, 1.807) is 0 Å². The summed E-state index contributed by atoms with van der Waals surface area (Å²) in [6.07, 6.45) is 6.49. The number of rotatable bonds is 7. The van der Waals surface area contributed by atoms with Crippen LogP contribution in [-0.4, -0.2) is 37.2 Å². The largest absolute Gasteiger partial charge is 0.378 e. The number of hydrogen-bond donors (Lipinski definition) is 2. The zero-order valence-corrected chi connectivity index (χ0v) is 14.4. The standard InChI is InChI=1S/C16H30N2O2.ClH/c1-4-5-9-20-14-11-13(16(14,2)3)18-15(19)10-12-7-6-8-17-12;/h12-14,17H,4-11H2,1-3H3,(H,18,19);1H.